The molecule has 0 amide bonds. The summed E-state index contributed by atoms with van der Waals surface area (Å²) in [6, 6.07) is 7.90. The van der Waals surface area contributed by atoms with E-state index in [0.717, 1.165) is 31.4 Å². The Morgan fingerprint density at radius 1 is 1.19 bits per heavy atom. The zero-order valence-corrected chi connectivity index (χ0v) is 9.23. The monoisotopic (exact) mass is 219 g/mol. The Bertz CT molecular complexity index is 381. The lowest BCUT2D eigenvalue weighted by atomic mass is 9.78. The average Bonchev–Trinajstić information content (AvgIpc) is 2.30. The highest BCUT2D eigenvalue weighted by atomic mass is 16.4. The van der Waals surface area contributed by atoms with Crippen molar-refractivity contribution in [3.8, 4) is 0 Å². The highest BCUT2D eigenvalue weighted by Crippen LogP contribution is 2.37. The molecule has 1 aliphatic carbocycles. The minimum absolute atomic E-state index is 0.152. The van der Waals surface area contributed by atoms with E-state index in [2.05, 4.69) is 6.07 Å². The fraction of sp³-hybridized carbons (Fsp3) is 0.462. The molecule has 3 N–H and O–H groups in total. The molecule has 0 aliphatic heterocycles. The maximum atomic E-state index is 10.8. The normalized spacial score (nSPS) is 25.2. The van der Waals surface area contributed by atoms with Crippen LogP contribution in [0.25, 0.3) is 0 Å². The van der Waals surface area contributed by atoms with Crippen molar-refractivity contribution >= 4 is 11.7 Å². The van der Waals surface area contributed by atoms with E-state index >= 15 is 0 Å². The third-order valence-electron chi connectivity index (χ3n) is 3.51. The van der Waals surface area contributed by atoms with Crippen molar-refractivity contribution in [1.82, 2.24) is 0 Å². The summed E-state index contributed by atoms with van der Waals surface area (Å²) < 4.78 is 0. The molecule has 0 heterocycles. The number of para-hydroxylation sites is 1. The van der Waals surface area contributed by atoms with E-state index in [1.165, 1.54) is 5.56 Å². The van der Waals surface area contributed by atoms with Crippen molar-refractivity contribution in [2.75, 3.05) is 5.73 Å². The largest absolute Gasteiger partial charge is 0.481 e. The van der Waals surface area contributed by atoms with Gasteiger partial charge in [0.2, 0.25) is 0 Å². The number of hydrogen-bond acceptors (Lipinski definition) is 2. The van der Waals surface area contributed by atoms with Crippen LogP contribution in [0, 0.1) is 5.92 Å². The molecule has 3 nitrogen and oxygen atoms in total. The summed E-state index contributed by atoms with van der Waals surface area (Å²) in [5, 5.41) is 8.92. The van der Waals surface area contributed by atoms with Crippen molar-refractivity contribution in [1.29, 1.82) is 0 Å². The van der Waals surface area contributed by atoms with Crippen LogP contribution in [0.5, 0.6) is 0 Å². The number of nitrogens with two attached hydrogens (primary N) is 1. The molecule has 0 spiro atoms. The summed E-state index contributed by atoms with van der Waals surface area (Å²) in [5.41, 5.74) is 7.95. The Morgan fingerprint density at radius 2 is 1.81 bits per heavy atom. The van der Waals surface area contributed by atoms with E-state index in [0.29, 0.717) is 5.92 Å². The molecule has 0 saturated heterocycles. The number of rotatable bonds is 2. The van der Waals surface area contributed by atoms with Crippen LogP contribution >= 0.6 is 0 Å². The third-order valence-corrected chi connectivity index (χ3v) is 3.51. The topological polar surface area (TPSA) is 63.3 Å². The predicted octanol–water partition coefficient (Wildman–Crippen LogP) is 2.63. The Morgan fingerprint density at radius 3 is 2.38 bits per heavy atom. The number of anilines is 1. The first-order valence-corrected chi connectivity index (χ1v) is 5.75. The van der Waals surface area contributed by atoms with E-state index < -0.39 is 5.97 Å². The molecule has 1 fully saturated rings. The van der Waals surface area contributed by atoms with Crippen molar-refractivity contribution in [2.45, 2.75) is 31.6 Å². The third kappa shape index (κ3) is 2.18. The van der Waals surface area contributed by atoms with Crippen LogP contribution in [-0.4, -0.2) is 11.1 Å². The van der Waals surface area contributed by atoms with Gasteiger partial charge in [-0.3, -0.25) is 4.79 Å². The quantitative estimate of drug-likeness (QED) is 0.751. The van der Waals surface area contributed by atoms with E-state index in [1.54, 1.807) is 0 Å². The summed E-state index contributed by atoms with van der Waals surface area (Å²) in [5.74, 6) is -0.363. The molecule has 16 heavy (non-hydrogen) atoms. The van der Waals surface area contributed by atoms with Gasteiger partial charge in [0.1, 0.15) is 0 Å². The lowest BCUT2D eigenvalue weighted by molar-refractivity contribution is -0.142. The minimum Gasteiger partial charge on any atom is -0.481 e. The molecular formula is C13H17NO2. The van der Waals surface area contributed by atoms with Gasteiger partial charge < -0.3 is 10.8 Å². The standard InChI is InChI=1S/C13H17NO2/c14-12-4-2-1-3-11(12)9-5-7-10(8-6-9)13(15)16/h1-4,9-10H,5-8,14H2,(H,15,16). The molecule has 1 aliphatic rings. The highest BCUT2D eigenvalue weighted by Gasteiger charge is 2.27. The molecule has 0 bridgehead atoms. The first-order chi connectivity index (χ1) is 7.68. The fourth-order valence-electron chi connectivity index (χ4n) is 2.53. The van der Waals surface area contributed by atoms with Crippen molar-refractivity contribution in [2.24, 2.45) is 5.92 Å². The van der Waals surface area contributed by atoms with Gasteiger partial charge in [0, 0.05) is 5.69 Å². The van der Waals surface area contributed by atoms with Crippen molar-refractivity contribution in [3.05, 3.63) is 29.8 Å². The van der Waals surface area contributed by atoms with Crippen molar-refractivity contribution in [3.63, 3.8) is 0 Å². The lowest BCUT2D eigenvalue weighted by Gasteiger charge is -2.27. The van der Waals surface area contributed by atoms with Gasteiger partial charge in [0.25, 0.3) is 0 Å². The predicted molar refractivity (Wildman–Crippen MR) is 63.2 cm³/mol. The molecule has 0 atom stereocenters. The van der Waals surface area contributed by atoms with Crippen LogP contribution in [0.1, 0.15) is 37.2 Å². The van der Waals surface area contributed by atoms with Crippen LogP contribution in [0.15, 0.2) is 24.3 Å². The second-order valence-electron chi connectivity index (χ2n) is 4.52. The Labute approximate surface area is 95.3 Å². The smallest absolute Gasteiger partial charge is 0.306 e. The maximum Gasteiger partial charge on any atom is 0.306 e. The highest BCUT2D eigenvalue weighted by molar-refractivity contribution is 5.70. The van der Waals surface area contributed by atoms with Crippen LogP contribution < -0.4 is 5.73 Å². The number of benzene rings is 1. The molecule has 3 heteroatoms. The zero-order chi connectivity index (χ0) is 11.5. The van der Waals surface area contributed by atoms with Crippen LogP contribution in [0.2, 0.25) is 0 Å². The van der Waals surface area contributed by atoms with Gasteiger partial charge in [-0.05, 0) is 43.2 Å². The molecule has 2 rings (SSSR count). The second kappa shape index (κ2) is 4.56. The SMILES string of the molecule is Nc1ccccc1C1CCC(C(=O)O)CC1. The summed E-state index contributed by atoms with van der Waals surface area (Å²) in [6.07, 6.45) is 3.42. The Kier molecular flexibility index (Phi) is 3.13. The number of hydrogen-bond donors (Lipinski definition) is 2. The van der Waals surface area contributed by atoms with Gasteiger partial charge in [-0.1, -0.05) is 18.2 Å². The average molecular weight is 219 g/mol. The lowest BCUT2D eigenvalue weighted by Crippen LogP contribution is -2.20. The molecule has 0 unspecified atom stereocenters. The van der Waals surface area contributed by atoms with E-state index in [4.69, 9.17) is 10.8 Å². The summed E-state index contributed by atoms with van der Waals surface area (Å²) in [4.78, 5) is 10.8. The molecule has 0 aromatic heterocycles. The van der Waals surface area contributed by atoms with Crippen LogP contribution in [-0.2, 0) is 4.79 Å². The van der Waals surface area contributed by atoms with Gasteiger partial charge in [-0.2, -0.15) is 0 Å². The first-order valence-electron chi connectivity index (χ1n) is 5.75. The molecule has 1 aromatic rings. The molecule has 86 valence electrons. The zero-order valence-electron chi connectivity index (χ0n) is 9.23. The number of carboxylic acids is 1. The molecule has 1 saturated carbocycles. The molecule has 0 radical (unpaired) electrons. The molecule has 1 aromatic carbocycles. The van der Waals surface area contributed by atoms with E-state index in [1.807, 2.05) is 18.2 Å². The fourth-order valence-corrected chi connectivity index (χ4v) is 2.53. The summed E-state index contributed by atoms with van der Waals surface area (Å²) >= 11 is 0. The van der Waals surface area contributed by atoms with E-state index in [9.17, 15) is 4.79 Å². The number of nitrogen functional groups attached to an aromatic ring is 1. The number of aliphatic carboxylic acids is 1. The second-order valence-corrected chi connectivity index (χ2v) is 4.52. The molecular weight excluding hydrogens is 202 g/mol. The van der Waals surface area contributed by atoms with Gasteiger partial charge >= 0.3 is 5.97 Å². The first kappa shape index (κ1) is 11.0. The summed E-state index contributed by atoms with van der Waals surface area (Å²) in [7, 11) is 0. The maximum absolute atomic E-state index is 10.8. The number of carboxylic acid groups (broad SMARTS) is 1. The van der Waals surface area contributed by atoms with Gasteiger partial charge in [-0.25, -0.2) is 0 Å². The van der Waals surface area contributed by atoms with Gasteiger partial charge in [0.15, 0.2) is 0 Å². The van der Waals surface area contributed by atoms with E-state index in [-0.39, 0.29) is 5.92 Å². The number of carbonyl (C=O) groups is 1. The van der Waals surface area contributed by atoms with Gasteiger partial charge in [0.05, 0.1) is 5.92 Å². The Hall–Kier alpha value is -1.51. The van der Waals surface area contributed by atoms with Gasteiger partial charge in [-0.15, -0.1) is 0 Å². The minimum atomic E-state index is -0.653. The summed E-state index contributed by atoms with van der Waals surface area (Å²) in [6.45, 7) is 0. The van der Waals surface area contributed by atoms with Crippen molar-refractivity contribution < 1.29 is 9.90 Å². The van der Waals surface area contributed by atoms with Crippen LogP contribution in [0.4, 0.5) is 5.69 Å². The van der Waals surface area contributed by atoms with Crippen LogP contribution in [0.3, 0.4) is 0 Å². The Balaban J connectivity index is 2.05.